The van der Waals surface area contributed by atoms with Crippen LogP contribution in [0.4, 0.5) is 5.82 Å². The maximum Gasteiger partial charge on any atom is 0.231 e. The summed E-state index contributed by atoms with van der Waals surface area (Å²) in [4.78, 5) is 26.0. The number of carbonyl (C=O) groups excluding carboxylic acids is 2. The molecule has 0 atom stereocenters. The molecular weight excluding hydrogens is 156 g/mol. The van der Waals surface area contributed by atoms with Gasteiger partial charge in [-0.15, -0.1) is 0 Å². The summed E-state index contributed by atoms with van der Waals surface area (Å²) in [6, 6.07) is 5.02. The number of hydrogen-bond donors (Lipinski definition) is 0. The summed E-state index contributed by atoms with van der Waals surface area (Å²) in [5, 5.41) is 0. The van der Waals surface area contributed by atoms with Crippen LogP contribution in [0.25, 0.3) is 0 Å². The molecule has 0 saturated carbocycles. The Bertz CT molecular complexity index is 284. The summed E-state index contributed by atoms with van der Waals surface area (Å²) in [6.07, 6.45) is 1.97. The van der Waals surface area contributed by atoms with E-state index in [1.54, 1.807) is 18.2 Å². The zero-order valence-electron chi connectivity index (χ0n) is 6.60. The Morgan fingerprint density at radius 1 is 1.58 bits per heavy atom. The normalized spacial score (nSPS) is 9.08. The second-order valence-electron chi connectivity index (χ2n) is 2.18. The Balaban J connectivity index is 2.95. The van der Waals surface area contributed by atoms with Gasteiger partial charge in [0.1, 0.15) is 5.82 Å². The molecule has 1 rings (SSSR count). The Kier molecular flexibility index (Phi) is 2.53. The van der Waals surface area contributed by atoms with Gasteiger partial charge in [-0.3, -0.25) is 9.59 Å². The third-order valence-corrected chi connectivity index (χ3v) is 1.34. The van der Waals surface area contributed by atoms with E-state index < -0.39 is 0 Å². The molecule has 1 aromatic rings. The minimum Gasteiger partial charge on any atom is -0.278 e. The first-order valence-corrected chi connectivity index (χ1v) is 3.42. The van der Waals surface area contributed by atoms with E-state index in [-0.39, 0.29) is 5.91 Å². The molecule has 0 aliphatic heterocycles. The SMILES string of the molecule is CC(=O)N(C=O)c1ccccn1. The molecule has 0 saturated heterocycles. The number of aromatic nitrogens is 1. The zero-order valence-corrected chi connectivity index (χ0v) is 6.60. The molecule has 0 fully saturated rings. The first-order valence-electron chi connectivity index (χ1n) is 3.42. The molecule has 0 aromatic carbocycles. The molecule has 0 aliphatic carbocycles. The highest BCUT2D eigenvalue weighted by Gasteiger charge is 2.09. The van der Waals surface area contributed by atoms with Crippen LogP contribution in [0.3, 0.4) is 0 Å². The molecule has 0 bridgehead atoms. The Labute approximate surface area is 69.8 Å². The van der Waals surface area contributed by atoms with Gasteiger partial charge < -0.3 is 0 Å². The summed E-state index contributed by atoms with van der Waals surface area (Å²) in [5.74, 6) is 0.00343. The molecule has 12 heavy (non-hydrogen) atoms. The van der Waals surface area contributed by atoms with Crippen LogP contribution >= 0.6 is 0 Å². The van der Waals surface area contributed by atoms with Crippen molar-refractivity contribution in [2.75, 3.05) is 4.90 Å². The number of hydrogen-bond acceptors (Lipinski definition) is 3. The maximum atomic E-state index is 10.8. The van der Waals surface area contributed by atoms with Crippen LogP contribution in [0.1, 0.15) is 6.92 Å². The van der Waals surface area contributed by atoms with E-state index in [2.05, 4.69) is 4.98 Å². The summed E-state index contributed by atoms with van der Waals surface area (Å²) in [7, 11) is 0. The maximum absolute atomic E-state index is 10.8. The summed E-state index contributed by atoms with van der Waals surface area (Å²) in [5.41, 5.74) is 0. The minimum absolute atomic E-state index is 0.344. The van der Waals surface area contributed by atoms with Crippen molar-refractivity contribution in [2.24, 2.45) is 0 Å². The third-order valence-electron chi connectivity index (χ3n) is 1.34. The molecule has 0 N–H and O–H groups in total. The predicted octanol–water partition coefficient (Wildman–Crippen LogP) is 0.591. The first-order chi connectivity index (χ1) is 5.75. The number of amides is 2. The van der Waals surface area contributed by atoms with Crippen molar-refractivity contribution in [3.8, 4) is 0 Å². The van der Waals surface area contributed by atoms with Gasteiger partial charge >= 0.3 is 0 Å². The fraction of sp³-hybridized carbons (Fsp3) is 0.125. The lowest BCUT2D eigenvalue weighted by Crippen LogP contribution is -2.27. The fourth-order valence-corrected chi connectivity index (χ4v) is 0.786. The highest BCUT2D eigenvalue weighted by Crippen LogP contribution is 2.06. The number of imide groups is 1. The topological polar surface area (TPSA) is 50.3 Å². The summed E-state index contributed by atoms with van der Waals surface area (Å²) in [6.45, 7) is 1.31. The van der Waals surface area contributed by atoms with E-state index in [1.165, 1.54) is 13.1 Å². The zero-order chi connectivity index (χ0) is 8.97. The van der Waals surface area contributed by atoms with Crippen LogP contribution in [0, 0.1) is 0 Å². The lowest BCUT2D eigenvalue weighted by Gasteiger charge is -2.10. The van der Waals surface area contributed by atoms with Crippen molar-refractivity contribution in [1.29, 1.82) is 0 Å². The van der Waals surface area contributed by atoms with Gasteiger partial charge in [0, 0.05) is 13.1 Å². The largest absolute Gasteiger partial charge is 0.278 e. The summed E-state index contributed by atoms with van der Waals surface area (Å²) >= 11 is 0. The van der Waals surface area contributed by atoms with Crippen molar-refractivity contribution in [2.45, 2.75) is 6.92 Å². The van der Waals surface area contributed by atoms with Crippen LogP contribution in [0.15, 0.2) is 24.4 Å². The van der Waals surface area contributed by atoms with Gasteiger partial charge in [-0.25, -0.2) is 9.88 Å². The lowest BCUT2D eigenvalue weighted by molar-refractivity contribution is -0.120. The molecule has 0 unspecified atom stereocenters. The van der Waals surface area contributed by atoms with Gasteiger partial charge in [-0.1, -0.05) is 6.07 Å². The van der Waals surface area contributed by atoms with Crippen molar-refractivity contribution >= 4 is 18.1 Å². The standard InChI is InChI=1S/C8H8N2O2/c1-7(12)10(6-11)8-4-2-3-5-9-8/h2-6H,1H3. The number of anilines is 1. The van der Waals surface area contributed by atoms with E-state index in [0.29, 0.717) is 12.2 Å². The van der Waals surface area contributed by atoms with Gasteiger partial charge in [0.15, 0.2) is 0 Å². The van der Waals surface area contributed by atoms with Crippen molar-refractivity contribution in [3.63, 3.8) is 0 Å². The summed E-state index contributed by atoms with van der Waals surface area (Å²) < 4.78 is 0. The molecule has 1 aromatic heterocycles. The molecule has 0 spiro atoms. The van der Waals surface area contributed by atoms with E-state index in [1.807, 2.05) is 0 Å². The Morgan fingerprint density at radius 3 is 2.75 bits per heavy atom. The number of nitrogens with zero attached hydrogens (tertiary/aromatic N) is 2. The van der Waals surface area contributed by atoms with Gasteiger partial charge in [0.25, 0.3) is 0 Å². The van der Waals surface area contributed by atoms with Crippen molar-refractivity contribution in [1.82, 2.24) is 4.98 Å². The number of rotatable bonds is 2. The van der Waals surface area contributed by atoms with Gasteiger partial charge in [0.2, 0.25) is 12.3 Å². The van der Waals surface area contributed by atoms with Gasteiger partial charge in [-0.2, -0.15) is 0 Å². The average molecular weight is 164 g/mol. The van der Waals surface area contributed by atoms with Crippen LogP contribution in [-0.2, 0) is 9.59 Å². The molecule has 4 heteroatoms. The highest BCUT2D eigenvalue weighted by atomic mass is 16.2. The Hall–Kier alpha value is -1.71. The van der Waals surface area contributed by atoms with Gasteiger partial charge in [-0.05, 0) is 12.1 Å². The number of pyridine rings is 1. The Morgan fingerprint density at radius 2 is 2.33 bits per heavy atom. The van der Waals surface area contributed by atoms with Crippen LogP contribution in [0.5, 0.6) is 0 Å². The van der Waals surface area contributed by atoms with Crippen molar-refractivity contribution < 1.29 is 9.59 Å². The lowest BCUT2D eigenvalue weighted by atomic mass is 10.4. The smallest absolute Gasteiger partial charge is 0.231 e. The average Bonchev–Trinajstić information content (AvgIpc) is 2.07. The van der Waals surface area contributed by atoms with E-state index >= 15 is 0 Å². The monoisotopic (exact) mass is 164 g/mol. The third kappa shape index (κ3) is 1.66. The van der Waals surface area contributed by atoms with E-state index in [4.69, 9.17) is 0 Å². The second kappa shape index (κ2) is 3.61. The molecule has 0 aliphatic rings. The number of carbonyl (C=O) groups is 2. The van der Waals surface area contributed by atoms with Crippen LogP contribution in [-0.4, -0.2) is 17.3 Å². The van der Waals surface area contributed by atoms with E-state index in [0.717, 1.165) is 4.90 Å². The van der Waals surface area contributed by atoms with Crippen LogP contribution < -0.4 is 4.90 Å². The quantitative estimate of drug-likeness (QED) is 0.601. The molecule has 4 nitrogen and oxygen atoms in total. The van der Waals surface area contributed by atoms with Gasteiger partial charge in [0.05, 0.1) is 0 Å². The van der Waals surface area contributed by atoms with E-state index in [9.17, 15) is 9.59 Å². The van der Waals surface area contributed by atoms with Crippen LogP contribution in [0.2, 0.25) is 0 Å². The predicted molar refractivity (Wildman–Crippen MR) is 43.5 cm³/mol. The molecular formula is C8H8N2O2. The molecule has 62 valence electrons. The molecule has 1 heterocycles. The highest BCUT2D eigenvalue weighted by molar-refractivity contribution is 6.04. The first kappa shape index (κ1) is 8.39. The van der Waals surface area contributed by atoms with Crippen molar-refractivity contribution in [3.05, 3.63) is 24.4 Å². The molecule has 0 radical (unpaired) electrons. The molecule has 2 amide bonds. The fourth-order valence-electron chi connectivity index (χ4n) is 0.786. The minimum atomic E-state index is -0.344. The second-order valence-corrected chi connectivity index (χ2v) is 2.18.